The van der Waals surface area contributed by atoms with Crippen LogP contribution in [0, 0.1) is 5.92 Å². The second-order valence-corrected chi connectivity index (χ2v) is 5.57. The average Bonchev–Trinajstić information content (AvgIpc) is 2.48. The van der Waals surface area contributed by atoms with E-state index in [9.17, 15) is 4.79 Å². The van der Waals surface area contributed by atoms with Crippen LogP contribution in [0.15, 0.2) is 18.2 Å². The Labute approximate surface area is 121 Å². The first-order valence-corrected chi connectivity index (χ1v) is 7.52. The molecule has 0 atom stereocenters. The Bertz CT molecular complexity index is 465. The molecule has 0 aromatic heterocycles. The quantitative estimate of drug-likeness (QED) is 0.831. The molecule has 110 valence electrons. The van der Waals surface area contributed by atoms with Crippen molar-refractivity contribution in [2.45, 2.75) is 32.6 Å². The Balaban J connectivity index is 2.11. The van der Waals surface area contributed by atoms with Gasteiger partial charge in [-0.3, -0.25) is 4.79 Å². The van der Waals surface area contributed by atoms with Crippen LogP contribution in [0.5, 0.6) is 0 Å². The van der Waals surface area contributed by atoms with Gasteiger partial charge in [0, 0.05) is 25.7 Å². The largest absolute Gasteiger partial charge is 0.397 e. The standard InChI is InChI=1S/C16H25N3O/c1-3-4-12-7-9-19(10-8-12)15-11-13(16(20)18-2)5-6-14(15)17/h5-6,11-12H,3-4,7-10,17H2,1-2H3,(H,18,20). The lowest BCUT2D eigenvalue weighted by molar-refractivity contribution is 0.0963. The minimum Gasteiger partial charge on any atom is -0.397 e. The second kappa shape index (κ2) is 6.64. The van der Waals surface area contributed by atoms with Crippen LogP contribution < -0.4 is 16.0 Å². The molecule has 1 heterocycles. The maximum atomic E-state index is 11.7. The van der Waals surface area contributed by atoms with Crippen molar-refractivity contribution in [1.82, 2.24) is 5.32 Å². The van der Waals surface area contributed by atoms with E-state index in [0.717, 1.165) is 30.4 Å². The first-order valence-electron chi connectivity index (χ1n) is 7.52. The Kier molecular flexibility index (Phi) is 4.88. The van der Waals surface area contributed by atoms with Crippen LogP contribution in [0.2, 0.25) is 0 Å². The predicted molar refractivity (Wildman–Crippen MR) is 84.1 cm³/mol. The summed E-state index contributed by atoms with van der Waals surface area (Å²) in [7, 11) is 1.65. The third-order valence-electron chi connectivity index (χ3n) is 4.17. The van der Waals surface area contributed by atoms with Gasteiger partial charge < -0.3 is 16.0 Å². The van der Waals surface area contributed by atoms with Gasteiger partial charge in [-0.05, 0) is 37.0 Å². The van der Waals surface area contributed by atoms with E-state index in [4.69, 9.17) is 5.73 Å². The number of anilines is 2. The van der Waals surface area contributed by atoms with Crippen molar-refractivity contribution in [3.8, 4) is 0 Å². The highest BCUT2D eigenvalue weighted by Gasteiger charge is 2.20. The number of nitrogens with one attached hydrogen (secondary N) is 1. The first-order chi connectivity index (χ1) is 9.65. The molecule has 0 spiro atoms. The first kappa shape index (κ1) is 14.7. The molecule has 2 rings (SSSR count). The lowest BCUT2D eigenvalue weighted by atomic mass is 9.92. The zero-order chi connectivity index (χ0) is 14.5. The summed E-state index contributed by atoms with van der Waals surface area (Å²) in [4.78, 5) is 14.0. The molecule has 0 saturated carbocycles. The van der Waals surface area contributed by atoms with Crippen LogP contribution in [0.4, 0.5) is 11.4 Å². The SMILES string of the molecule is CCCC1CCN(c2cc(C(=O)NC)ccc2N)CC1. The third kappa shape index (κ3) is 3.24. The third-order valence-corrected chi connectivity index (χ3v) is 4.17. The molecule has 1 saturated heterocycles. The van der Waals surface area contributed by atoms with Gasteiger partial charge in [-0.15, -0.1) is 0 Å². The predicted octanol–water partition coefficient (Wildman–Crippen LogP) is 2.64. The number of carbonyl (C=O) groups is 1. The Morgan fingerprint density at radius 3 is 2.70 bits per heavy atom. The summed E-state index contributed by atoms with van der Waals surface area (Å²) in [6.45, 7) is 4.31. The van der Waals surface area contributed by atoms with Crippen molar-refractivity contribution in [2.24, 2.45) is 5.92 Å². The van der Waals surface area contributed by atoms with Crippen LogP contribution in [-0.4, -0.2) is 26.0 Å². The normalized spacial score (nSPS) is 16.2. The fourth-order valence-corrected chi connectivity index (χ4v) is 2.97. The summed E-state index contributed by atoms with van der Waals surface area (Å²) in [6, 6.07) is 5.52. The number of nitrogens with zero attached hydrogens (tertiary/aromatic N) is 1. The minimum absolute atomic E-state index is 0.0629. The van der Waals surface area contributed by atoms with Crippen molar-refractivity contribution in [1.29, 1.82) is 0 Å². The monoisotopic (exact) mass is 275 g/mol. The summed E-state index contributed by atoms with van der Waals surface area (Å²) < 4.78 is 0. The molecule has 4 heteroatoms. The van der Waals surface area contributed by atoms with Gasteiger partial charge >= 0.3 is 0 Å². The molecule has 1 fully saturated rings. The molecular weight excluding hydrogens is 250 g/mol. The maximum absolute atomic E-state index is 11.7. The molecule has 1 aromatic carbocycles. The van der Waals surface area contributed by atoms with Crippen molar-refractivity contribution in [3.63, 3.8) is 0 Å². The van der Waals surface area contributed by atoms with E-state index in [1.54, 1.807) is 13.1 Å². The summed E-state index contributed by atoms with van der Waals surface area (Å²) in [5, 5.41) is 2.66. The van der Waals surface area contributed by atoms with Crippen LogP contribution >= 0.6 is 0 Å². The van der Waals surface area contributed by atoms with E-state index < -0.39 is 0 Å². The van der Waals surface area contributed by atoms with Crippen molar-refractivity contribution in [3.05, 3.63) is 23.8 Å². The van der Waals surface area contributed by atoms with Crippen LogP contribution in [0.1, 0.15) is 43.0 Å². The molecule has 1 aliphatic heterocycles. The molecule has 1 aliphatic rings. The van der Waals surface area contributed by atoms with E-state index in [1.165, 1.54) is 25.7 Å². The van der Waals surface area contributed by atoms with Gasteiger partial charge in [-0.1, -0.05) is 19.8 Å². The number of hydrogen-bond donors (Lipinski definition) is 2. The van der Waals surface area contributed by atoms with Gasteiger partial charge in [-0.25, -0.2) is 0 Å². The minimum atomic E-state index is -0.0629. The summed E-state index contributed by atoms with van der Waals surface area (Å²) in [6.07, 6.45) is 5.02. The van der Waals surface area contributed by atoms with Crippen LogP contribution in [-0.2, 0) is 0 Å². The van der Waals surface area contributed by atoms with Crippen LogP contribution in [0.3, 0.4) is 0 Å². The van der Waals surface area contributed by atoms with E-state index >= 15 is 0 Å². The van der Waals surface area contributed by atoms with E-state index in [2.05, 4.69) is 17.1 Å². The molecule has 0 unspecified atom stereocenters. The number of benzene rings is 1. The van der Waals surface area contributed by atoms with Crippen molar-refractivity contribution < 1.29 is 4.79 Å². The van der Waals surface area contributed by atoms with E-state index in [-0.39, 0.29) is 5.91 Å². The van der Waals surface area contributed by atoms with Crippen molar-refractivity contribution in [2.75, 3.05) is 30.8 Å². The van der Waals surface area contributed by atoms with Gasteiger partial charge in [0.15, 0.2) is 0 Å². The molecule has 0 radical (unpaired) electrons. The van der Waals surface area contributed by atoms with Crippen LogP contribution in [0.25, 0.3) is 0 Å². The molecule has 0 bridgehead atoms. The number of nitrogens with two attached hydrogens (primary N) is 1. The molecule has 0 aliphatic carbocycles. The lowest BCUT2D eigenvalue weighted by Crippen LogP contribution is -2.34. The van der Waals surface area contributed by atoms with Crippen molar-refractivity contribution >= 4 is 17.3 Å². The zero-order valence-corrected chi connectivity index (χ0v) is 12.5. The van der Waals surface area contributed by atoms with Gasteiger partial charge in [0.2, 0.25) is 0 Å². The molecule has 20 heavy (non-hydrogen) atoms. The fraction of sp³-hybridized carbons (Fsp3) is 0.562. The average molecular weight is 275 g/mol. The fourth-order valence-electron chi connectivity index (χ4n) is 2.97. The number of rotatable bonds is 4. The highest BCUT2D eigenvalue weighted by molar-refractivity contribution is 5.96. The number of piperidine rings is 1. The van der Waals surface area contributed by atoms with E-state index in [0.29, 0.717) is 5.56 Å². The molecule has 4 nitrogen and oxygen atoms in total. The molecule has 1 aromatic rings. The molecular formula is C16H25N3O. The van der Waals surface area contributed by atoms with E-state index in [1.807, 2.05) is 12.1 Å². The Morgan fingerprint density at radius 2 is 2.10 bits per heavy atom. The molecule has 3 N–H and O–H groups in total. The zero-order valence-electron chi connectivity index (χ0n) is 12.5. The van der Waals surface area contributed by atoms with Gasteiger partial charge in [0.1, 0.15) is 0 Å². The van der Waals surface area contributed by atoms with Gasteiger partial charge in [0.05, 0.1) is 11.4 Å². The topological polar surface area (TPSA) is 58.4 Å². The maximum Gasteiger partial charge on any atom is 0.251 e. The summed E-state index contributed by atoms with van der Waals surface area (Å²) >= 11 is 0. The van der Waals surface area contributed by atoms with Gasteiger partial charge in [0.25, 0.3) is 5.91 Å². The number of carbonyl (C=O) groups excluding carboxylic acids is 1. The highest BCUT2D eigenvalue weighted by atomic mass is 16.1. The highest BCUT2D eigenvalue weighted by Crippen LogP contribution is 2.30. The Hall–Kier alpha value is -1.71. The summed E-state index contributed by atoms with van der Waals surface area (Å²) in [5.74, 6) is 0.784. The lowest BCUT2D eigenvalue weighted by Gasteiger charge is -2.34. The Morgan fingerprint density at radius 1 is 1.40 bits per heavy atom. The number of hydrogen-bond acceptors (Lipinski definition) is 3. The molecule has 1 amide bonds. The number of nitrogen functional groups attached to an aromatic ring is 1. The van der Waals surface area contributed by atoms with Gasteiger partial charge in [-0.2, -0.15) is 0 Å². The second-order valence-electron chi connectivity index (χ2n) is 5.57. The number of amides is 1. The summed E-state index contributed by atoms with van der Waals surface area (Å²) in [5.41, 5.74) is 8.51. The smallest absolute Gasteiger partial charge is 0.251 e.